The number of hydrogen-bond acceptors (Lipinski definition) is 7. The Bertz CT molecular complexity index is 1160. The molecule has 0 amide bonds. The molecule has 1 saturated carbocycles. The van der Waals surface area contributed by atoms with Crippen LogP contribution in [0.2, 0.25) is 0 Å². The molecule has 9 nitrogen and oxygen atoms in total. The summed E-state index contributed by atoms with van der Waals surface area (Å²) in [5, 5.41) is 15.9. The van der Waals surface area contributed by atoms with Crippen LogP contribution in [-0.2, 0) is 10.0 Å². The van der Waals surface area contributed by atoms with Gasteiger partial charge in [0.05, 0.1) is 22.6 Å². The maximum atomic E-state index is 12.8. The topological polar surface area (TPSA) is 123 Å². The van der Waals surface area contributed by atoms with Crippen LogP contribution in [0.1, 0.15) is 12.8 Å². The smallest absolute Gasteiger partial charge is 0.295 e. The molecule has 2 atom stereocenters. The van der Waals surface area contributed by atoms with E-state index in [9.17, 15) is 18.5 Å². The summed E-state index contributed by atoms with van der Waals surface area (Å²) in [4.78, 5) is 10.7. The first-order valence-corrected chi connectivity index (χ1v) is 10.8. The number of rotatable bonds is 7. The number of hydrogen-bond donors (Lipinski definition) is 2. The summed E-state index contributed by atoms with van der Waals surface area (Å²) in [6.45, 7) is 0. The summed E-state index contributed by atoms with van der Waals surface area (Å²) in [7, 11) is -2.64. The number of anilines is 2. The van der Waals surface area contributed by atoms with Gasteiger partial charge in [-0.1, -0.05) is 24.3 Å². The first-order valence-electron chi connectivity index (χ1n) is 9.32. The number of fused-ring (bicyclic) bond motifs is 1. The van der Waals surface area contributed by atoms with E-state index in [1.54, 1.807) is 24.3 Å². The van der Waals surface area contributed by atoms with Crippen molar-refractivity contribution >= 4 is 32.8 Å². The van der Waals surface area contributed by atoms with Crippen LogP contribution in [0.5, 0.6) is 5.75 Å². The Morgan fingerprint density at radius 3 is 2.73 bits per heavy atom. The number of allylic oxidation sites excluding steroid dienone is 2. The molecule has 0 saturated heterocycles. The molecular formula is C20H20N4O5S. The van der Waals surface area contributed by atoms with E-state index in [1.807, 2.05) is 0 Å². The van der Waals surface area contributed by atoms with E-state index < -0.39 is 14.9 Å². The summed E-state index contributed by atoms with van der Waals surface area (Å²) in [6, 6.07) is 10.2. The molecule has 2 N–H and O–H groups in total. The lowest BCUT2D eigenvalue weighted by Crippen LogP contribution is -2.33. The molecule has 10 heteroatoms. The third-order valence-electron chi connectivity index (χ3n) is 5.31. The molecule has 0 spiro atoms. The quantitative estimate of drug-likeness (QED) is 0.393. The monoisotopic (exact) mass is 428 g/mol. The van der Waals surface area contributed by atoms with E-state index in [0.717, 1.165) is 24.6 Å². The first-order chi connectivity index (χ1) is 14.4. The normalized spacial score (nSPS) is 21.0. The number of methoxy groups -OCH3 is 1. The second-order valence-electron chi connectivity index (χ2n) is 7.10. The SMILES string of the molecule is COc1ccccc1NS(=O)(=O)c1ccc(N/N=C2\CC3C=CCC23)c([N+](=O)[O-])c1. The molecule has 0 heterocycles. The zero-order chi connectivity index (χ0) is 21.3. The van der Waals surface area contributed by atoms with E-state index in [2.05, 4.69) is 27.4 Å². The van der Waals surface area contributed by atoms with Gasteiger partial charge in [-0.15, -0.1) is 0 Å². The van der Waals surface area contributed by atoms with Crippen LogP contribution in [0.3, 0.4) is 0 Å². The summed E-state index contributed by atoms with van der Waals surface area (Å²) >= 11 is 0. The van der Waals surface area contributed by atoms with Crippen molar-refractivity contribution in [2.45, 2.75) is 17.7 Å². The van der Waals surface area contributed by atoms with Crippen LogP contribution in [0.4, 0.5) is 17.1 Å². The molecule has 0 radical (unpaired) electrons. The van der Waals surface area contributed by atoms with E-state index in [0.29, 0.717) is 17.6 Å². The van der Waals surface area contributed by atoms with Crippen LogP contribution < -0.4 is 14.9 Å². The first kappa shape index (κ1) is 19.9. The highest BCUT2D eigenvalue weighted by atomic mass is 32.2. The average Bonchev–Trinajstić information content (AvgIpc) is 3.09. The number of sulfonamides is 1. The van der Waals surface area contributed by atoms with Gasteiger partial charge >= 0.3 is 0 Å². The van der Waals surface area contributed by atoms with Crippen LogP contribution in [0.25, 0.3) is 0 Å². The summed E-state index contributed by atoms with van der Waals surface area (Å²) < 4.78 is 33.1. The minimum atomic E-state index is -4.06. The van der Waals surface area contributed by atoms with Gasteiger partial charge in [0.1, 0.15) is 11.4 Å². The molecule has 2 aliphatic carbocycles. The van der Waals surface area contributed by atoms with Crippen molar-refractivity contribution in [2.24, 2.45) is 16.9 Å². The fourth-order valence-corrected chi connectivity index (χ4v) is 4.74. The highest BCUT2D eigenvalue weighted by Gasteiger charge is 2.38. The number of nitrogens with one attached hydrogen (secondary N) is 2. The van der Waals surface area contributed by atoms with E-state index in [-0.39, 0.29) is 22.0 Å². The summed E-state index contributed by atoms with van der Waals surface area (Å²) in [5.74, 6) is 1.21. The van der Waals surface area contributed by atoms with E-state index in [4.69, 9.17) is 4.74 Å². The zero-order valence-electron chi connectivity index (χ0n) is 16.1. The molecule has 0 aromatic heterocycles. The molecule has 1 fully saturated rings. The number of nitrogens with zero attached hydrogens (tertiary/aromatic N) is 2. The number of nitro benzene ring substituents is 1. The van der Waals surface area contributed by atoms with Crippen molar-refractivity contribution < 1.29 is 18.1 Å². The molecular weight excluding hydrogens is 408 g/mol. The Morgan fingerprint density at radius 2 is 2.00 bits per heavy atom. The molecule has 30 heavy (non-hydrogen) atoms. The molecule has 2 aliphatic rings. The van der Waals surface area contributed by atoms with Crippen molar-refractivity contribution in [2.75, 3.05) is 17.3 Å². The Balaban J connectivity index is 1.58. The van der Waals surface area contributed by atoms with Crippen molar-refractivity contribution in [3.8, 4) is 5.75 Å². The standard InChI is InChI=1S/C20H20N4O5S/c1-29-20-8-3-2-7-17(20)23-30(27,28)14-9-10-16(19(12-14)24(25)26)21-22-18-11-13-5-4-6-15(13)18/h2-5,7-10,12-13,15,21,23H,6,11H2,1H3/b22-18+. The van der Waals surface area contributed by atoms with Gasteiger partial charge in [0.25, 0.3) is 15.7 Å². The lowest BCUT2D eigenvalue weighted by molar-refractivity contribution is -0.384. The third kappa shape index (κ3) is 3.73. The van der Waals surface area contributed by atoms with Gasteiger partial charge in [-0.2, -0.15) is 5.10 Å². The summed E-state index contributed by atoms with van der Waals surface area (Å²) in [6.07, 6.45) is 6.05. The Kier molecular flexibility index (Phi) is 5.17. The van der Waals surface area contributed by atoms with E-state index in [1.165, 1.54) is 19.2 Å². The van der Waals surface area contributed by atoms with Crippen LogP contribution in [0, 0.1) is 22.0 Å². The predicted octanol–water partition coefficient (Wildman–Crippen LogP) is 3.77. The van der Waals surface area contributed by atoms with Gasteiger partial charge in [-0.05, 0) is 43.0 Å². The fourth-order valence-electron chi connectivity index (χ4n) is 3.65. The number of benzene rings is 2. The maximum absolute atomic E-state index is 12.8. The number of nitro groups is 1. The van der Waals surface area contributed by atoms with Crippen molar-refractivity contribution in [1.29, 1.82) is 0 Å². The molecule has 2 unspecified atom stereocenters. The third-order valence-corrected chi connectivity index (χ3v) is 6.67. The molecule has 2 aromatic rings. The van der Waals surface area contributed by atoms with Crippen LogP contribution in [0.15, 0.2) is 64.6 Å². The predicted molar refractivity (Wildman–Crippen MR) is 113 cm³/mol. The average molecular weight is 428 g/mol. The maximum Gasteiger partial charge on any atom is 0.295 e. The molecule has 2 aromatic carbocycles. The van der Waals surface area contributed by atoms with Gasteiger partial charge in [0.2, 0.25) is 0 Å². The lowest BCUT2D eigenvalue weighted by atomic mass is 9.74. The van der Waals surface area contributed by atoms with Gasteiger partial charge in [-0.3, -0.25) is 20.3 Å². The lowest BCUT2D eigenvalue weighted by Gasteiger charge is -2.31. The summed E-state index contributed by atoms with van der Waals surface area (Å²) in [5.41, 5.74) is 3.71. The Hall–Kier alpha value is -3.40. The van der Waals surface area contributed by atoms with Gasteiger partial charge in [-0.25, -0.2) is 8.42 Å². The zero-order valence-corrected chi connectivity index (χ0v) is 16.9. The Labute approximate surface area is 173 Å². The largest absolute Gasteiger partial charge is 0.495 e. The van der Waals surface area contributed by atoms with Crippen LogP contribution >= 0.6 is 0 Å². The van der Waals surface area contributed by atoms with Crippen molar-refractivity contribution in [3.05, 3.63) is 64.7 Å². The number of hydrazone groups is 1. The minimum absolute atomic E-state index is 0.137. The highest BCUT2D eigenvalue weighted by molar-refractivity contribution is 7.92. The molecule has 0 bridgehead atoms. The van der Waals surface area contributed by atoms with E-state index >= 15 is 0 Å². The highest BCUT2D eigenvalue weighted by Crippen LogP contribution is 2.40. The van der Waals surface area contributed by atoms with Crippen LogP contribution in [-0.4, -0.2) is 26.2 Å². The van der Waals surface area contributed by atoms with Crippen molar-refractivity contribution in [3.63, 3.8) is 0 Å². The molecule has 156 valence electrons. The van der Waals surface area contributed by atoms with Gasteiger partial charge in [0, 0.05) is 17.7 Å². The fraction of sp³-hybridized carbons (Fsp3) is 0.250. The number of ether oxygens (including phenoxy) is 1. The Morgan fingerprint density at radius 1 is 1.20 bits per heavy atom. The van der Waals surface area contributed by atoms with Gasteiger partial charge < -0.3 is 4.74 Å². The van der Waals surface area contributed by atoms with Crippen molar-refractivity contribution in [1.82, 2.24) is 0 Å². The number of para-hydroxylation sites is 2. The second kappa shape index (κ2) is 7.79. The molecule has 0 aliphatic heterocycles. The van der Waals surface area contributed by atoms with Gasteiger partial charge in [0.15, 0.2) is 0 Å². The second-order valence-corrected chi connectivity index (χ2v) is 8.78. The molecule has 4 rings (SSSR count). The minimum Gasteiger partial charge on any atom is -0.495 e.